The Bertz CT molecular complexity index is 1010. The van der Waals surface area contributed by atoms with Crippen molar-refractivity contribution in [2.45, 2.75) is 38.6 Å². The van der Waals surface area contributed by atoms with E-state index in [4.69, 9.17) is 11.6 Å². The fraction of sp³-hybridized carbons (Fsp3) is 0.417. The first-order chi connectivity index (χ1) is 15.4. The third-order valence-electron chi connectivity index (χ3n) is 5.73. The number of unbranched alkanes of at least 4 members (excludes halogenated alkanes) is 1. The molecule has 7 nitrogen and oxygen atoms in total. The van der Waals surface area contributed by atoms with Crippen LogP contribution in [0.3, 0.4) is 0 Å². The number of carbonyl (C=O) groups is 3. The van der Waals surface area contributed by atoms with E-state index < -0.39 is 23.3 Å². The van der Waals surface area contributed by atoms with Crippen LogP contribution in [0.15, 0.2) is 53.5 Å². The minimum atomic E-state index is -1.35. The number of benzene rings is 1. The number of nitrogens with zero attached hydrogens (tertiary/aromatic N) is 2. The number of likely N-dealkylation sites (tertiary alicyclic amines) is 1. The van der Waals surface area contributed by atoms with Gasteiger partial charge in [0.1, 0.15) is 0 Å². The lowest BCUT2D eigenvalue weighted by molar-refractivity contribution is -0.137. The highest BCUT2D eigenvalue weighted by Gasteiger charge is 2.36. The molecule has 2 amide bonds. The maximum Gasteiger partial charge on any atom is 0.253 e. The molecule has 0 saturated carbocycles. The number of nitrogens with one attached hydrogen (secondary N) is 1. The molecule has 0 radical (unpaired) electrons. The molecule has 1 aromatic heterocycles. The van der Waals surface area contributed by atoms with Gasteiger partial charge in [0.15, 0.2) is 11.8 Å². The summed E-state index contributed by atoms with van der Waals surface area (Å²) in [7, 11) is 0. The number of ketones is 1. The molecule has 2 heterocycles. The number of piperidine rings is 1. The summed E-state index contributed by atoms with van der Waals surface area (Å²) < 4.78 is 1.10. The van der Waals surface area contributed by atoms with Gasteiger partial charge in [0.05, 0.1) is 5.02 Å². The summed E-state index contributed by atoms with van der Waals surface area (Å²) in [6.07, 6.45) is 4.29. The minimum absolute atomic E-state index is 0.00789. The Kier molecular flexibility index (Phi) is 8.22. The van der Waals surface area contributed by atoms with Crippen molar-refractivity contribution in [2.24, 2.45) is 5.92 Å². The predicted molar refractivity (Wildman–Crippen MR) is 123 cm³/mol. The Morgan fingerprint density at radius 1 is 1.09 bits per heavy atom. The molecule has 0 aliphatic carbocycles. The molecule has 1 unspecified atom stereocenters. The summed E-state index contributed by atoms with van der Waals surface area (Å²) in [5.74, 6) is -1.09. The number of rotatable bonds is 8. The molecule has 1 aliphatic heterocycles. The van der Waals surface area contributed by atoms with Gasteiger partial charge in [-0.25, -0.2) is 0 Å². The third-order valence-corrected chi connectivity index (χ3v) is 5.95. The van der Waals surface area contributed by atoms with Gasteiger partial charge >= 0.3 is 0 Å². The topological polar surface area (TPSA) is 88.5 Å². The number of hydrogen-bond acceptors (Lipinski definition) is 4. The number of Topliss-reactive ketones (excluding diaryl/α,β-unsaturated/α-hetero) is 1. The number of amides is 2. The molecular weight excluding hydrogens is 430 g/mol. The van der Waals surface area contributed by atoms with Crippen molar-refractivity contribution in [3.05, 3.63) is 69.6 Å². The van der Waals surface area contributed by atoms with Crippen molar-refractivity contribution < 1.29 is 14.4 Å². The first-order valence-electron chi connectivity index (χ1n) is 11.0. The van der Waals surface area contributed by atoms with Crippen molar-refractivity contribution in [1.82, 2.24) is 14.8 Å². The van der Waals surface area contributed by atoms with E-state index in [2.05, 4.69) is 12.2 Å². The summed E-state index contributed by atoms with van der Waals surface area (Å²) in [5.41, 5.74) is -0.148. The van der Waals surface area contributed by atoms with E-state index in [-0.39, 0.29) is 16.8 Å². The predicted octanol–water partition coefficient (Wildman–Crippen LogP) is 3.08. The van der Waals surface area contributed by atoms with Crippen LogP contribution in [-0.4, -0.2) is 46.7 Å². The van der Waals surface area contributed by atoms with Gasteiger partial charge < -0.3 is 10.2 Å². The molecule has 1 N–H and O–H groups in total. The smallest absolute Gasteiger partial charge is 0.253 e. The first kappa shape index (κ1) is 23.7. The van der Waals surface area contributed by atoms with Gasteiger partial charge in [-0.15, -0.1) is 0 Å². The highest BCUT2D eigenvalue weighted by molar-refractivity contribution is 6.30. The Morgan fingerprint density at radius 2 is 1.78 bits per heavy atom. The largest absolute Gasteiger partial charge is 0.356 e. The second kappa shape index (κ2) is 11.1. The molecule has 0 bridgehead atoms. The van der Waals surface area contributed by atoms with Gasteiger partial charge in [0.2, 0.25) is 5.91 Å². The van der Waals surface area contributed by atoms with Crippen LogP contribution in [0.25, 0.3) is 0 Å². The summed E-state index contributed by atoms with van der Waals surface area (Å²) in [6, 6.07) is 9.74. The van der Waals surface area contributed by atoms with Gasteiger partial charge in [-0.3, -0.25) is 23.7 Å². The molecule has 0 spiro atoms. The Morgan fingerprint density at radius 3 is 2.44 bits per heavy atom. The van der Waals surface area contributed by atoms with E-state index in [1.807, 2.05) is 0 Å². The van der Waals surface area contributed by atoms with Gasteiger partial charge in [-0.05, 0) is 25.3 Å². The molecule has 170 valence electrons. The van der Waals surface area contributed by atoms with Crippen molar-refractivity contribution >= 4 is 29.2 Å². The summed E-state index contributed by atoms with van der Waals surface area (Å²) in [4.78, 5) is 53.2. The van der Waals surface area contributed by atoms with Gasteiger partial charge in [-0.2, -0.15) is 0 Å². The molecule has 1 fully saturated rings. The van der Waals surface area contributed by atoms with Crippen LogP contribution in [-0.2, 0) is 9.59 Å². The minimum Gasteiger partial charge on any atom is -0.356 e. The Labute approximate surface area is 192 Å². The maximum atomic E-state index is 13.5. The molecule has 2 aromatic rings. The summed E-state index contributed by atoms with van der Waals surface area (Å²) in [6.45, 7) is 3.41. The molecule has 1 atom stereocenters. The fourth-order valence-corrected chi connectivity index (χ4v) is 4.03. The standard InChI is InChI=1S/C24H28ClN3O4/c1-2-3-13-26-23(31)18-11-14-27(15-12-18)24(32)21(22(30)17-7-5-4-6-8-17)28-16-19(25)9-10-20(28)29/h4-10,16,18,21H,2-3,11-15H2,1H3,(H,26,31). The molecular formula is C24H28ClN3O4. The SMILES string of the molecule is CCCCNC(=O)C1CCN(C(=O)C(C(=O)c2ccccc2)n2cc(Cl)ccc2=O)CC1. The zero-order valence-electron chi connectivity index (χ0n) is 18.1. The molecule has 1 aliphatic rings. The maximum absolute atomic E-state index is 13.5. The average Bonchev–Trinajstić information content (AvgIpc) is 2.82. The molecule has 3 rings (SSSR count). The number of halogens is 1. The van der Waals surface area contributed by atoms with Crippen LogP contribution < -0.4 is 10.9 Å². The molecule has 1 saturated heterocycles. The zero-order chi connectivity index (χ0) is 23.1. The molecule has 8 heteroatoms. The van der Waals surface area contributed by atoms with Gasteiger partial charge in [0.25, 0.3) is 11.5 Å². The lowest BCUT2D eigenvalue weighted by atomic mass is 9.94. The van der Waals surface area contributed by atoms with Crippen LogP contribution >= 0.6 is 11.6 Å². The Hall–Kier alpha value is -2.93. The second-order valence-electron chi connectivity index (χ2n) is 7.97. The lowest BCUT2D eigenvalue weighted by Gasteiger charge is -2.33. The van der Waals surface area contributed by atoms with E-state index in [1.165, 1.54) is 18.3 Å². The summed E-state index contributed by atoms with van der Waals surface area (Å²) >= 11 is 6.07. The average molecular weight is 458 g/mol. The second-order valence-corrected chi connectivity index (χ2v) is 8.41. The normalized spacial score (nSPS) is 15.2. The van der Waals surface area contributed by atoms with E-state index >= 15 is 0 Å². The third kappa shape index (κ3) is 5.65. The van der Waals surface area contributed by atoms with E-state index in [0.29, 0.717) is 38.0 Å². The van der Waals surface area contributed by atoms with Crippen LogP contribution in [0.4, 0.5) is 0 Å². The van der Waals surface area contributed by atoms with Crippen LogP contribution in [0, 0.1) is 5.92 Å². The number of pyridine rings is 1. The molecule has 32 heavy (non-hydrogen) atoms. The highest BCUT2D eigenvalue weighted by atomic mass is 35.5. The van der Waals surface area contributed by atoms with Gasteiger partial charge in [0, 0.05) is 43.4 Å². The number of hydrogen-bond donors (Lipinski definition) is 1. The van der Waals surface area contributed by atoms with E-state index in [1.54, 1.807) is 35.2 Å². The number of carbonyl (C=O) groups excluding carboxylic acids is 3. The van der Waals surface area contributed by atoms with Crippen molar-refractivity contribution in [3.63, 3.8) is 0 Å². The number of aromatic nitrogens is 1. The zero-order valence-corrected chi connectivity index (χ0v) is 18.9. The van der Waals surface area contributed by atoms with E-state index in [0.717, 1.165) is 17.4 Å². The first-order valence-corrected chi connectivity index (χ1v) is 11.3. The van der Waals surface area contributed by atoms with E-state index in [9.17, 15) is 19.2 Å². The highest BCUT2D eigenvalue weighted by Crippen LogP contribution is 2.23. The van der Waals surface area contributed by atoms with Crippen molar-refractivity contribution in [3.8, 4) is 0 Å². The van der Waals surface area contributed by atoms with Gasteiger partial charge in [-0.1, -0.05) is 55.3 Å². The van der Waals surface area contributed by atoms with Crippen molar-refractivity contribution in [2.75, 3.05) is 19.6 Å². The summed E-state index contributed by atoms with van der Waals surface area (Å²) in [5, 5.41) is 3.20. The van der Waals surface area contributed by atoms with Crippen LogP contribution in [0.2, 0.25) is 5.02 Å². The fourth-order valence-electron chi connectivity index (χ4n) is 3.86. The molecule has 1 aromatic carbocycles. The Balaban J connectivity index is 1.79. The quantitative estimate of drug-likeness (QED) is 0.375. The van der Waals surface area contributed by atoms with Crippen LogP contribution in [0.5, 0.6) is 0 Å². The lowest BCUT2D eigenvalue weighted by Crippen LogP contribution is -2.48. The van der Waals surface area contributed by atoms with Crippen molar-refractivity contribution in [1.29, 1.82) is 0 Å². The monoisotopic (exact) mass is 457 g/mol. The van der Waals surface area contributed by atoms with Crippen LogP contribution in [0.1, 0.15) is 49.0 Å².